The Morgan fingerprint density at radius 1 is 1.21 bits per heavy atom. The van der Waals surface area contributed by atoms with Crippen LogP contribution >= 0.6 is 11.8 Å². The number of nitrogens with one attached hydrogen (secondary N) is 1. The number of morpholine rings is 1. The van der Waals surface area contributed by atoms with Crippen LogP contribution in [0.2, 0.25) is 0 Å². The molecule has 2 heterocycles. The quantitative estimate of drug-likeness (QED) is 0.561. The summed E-state index contributed by atoms with van der Waals surface area (Å²) in [6, 6.07) is 15.4. The van der Waals surface area contributed by atoms with Gasteiger partial charge in [0, 0.05) is 36.7 Å². The number of carbonyl (C=O) groups is 1. The van der Waals surface area contributed by atoms with Crippen LogP contribution in [0.5, 0.6) is 5.75 Å². The minimum atomic E-state index is -0.224. The van der Waals surface area contributed by atoms with Gasteiger partial charge in [0.2, 0.25) is 0 Å². The second-order valence-corrected chi connectivity index (χ2v) is 8.21. The highest BCUT2D eigenvalue weighted by Crippen LogP contribution is 2.24. The van der Waals surface area contributed by atoms with E-state index in [4.69, 9.17) is 9.47 Å². The van der Waals surface area contributed by atoms with Gasteiger partial charge in [0.25, 0.3) is 5.91 Å². The SMILES string of the molecule is O=C(NN=Cc1cccc(OC2CSC2)c1)c1ccc(CN2CCOCC2)cc1. The van der Waals surface area contributed by atoms with E-state index < -0.39 is 0 Å². The van der Waals surface area contributed by atoms with Gasteiger partial charge < -0.3 is 9.47 Å². The van der Waals surface area contributed by atoms with E-state index in [9.17, 15) is 4.79 Å². The molecule has 1 N–H and O–H groups in total. The summed E-state index contributed by atoms with van der Waals surface area (Å²) in [5.41, 5.74) is 5.25. The maximum Gasteiger partial charge on any atom is 0.271 e. The number of ether oxygens (including phenoxy) is 2. The minimum absolute atomic E-state index is 0.224. The first kappa shape index (κ1) is 19.9. The summed E-state index contributed by atoms with van der Waals surface area (Å²) in [5.74, 6) is 2.69. The monoisotopic (exact) mass is 411 g/mol. The molecule has 1 amide bonds. The van der Waals surface area contributed by atoms with Crippen molar-refractivity contribution >= 4 is 23.9 Å². The summed E-state index contributed by atoms with van der Waals surface area (Å²) in [4.78, 5) is 14.7. The van der Waals surface area contributed by atoms with Crippen LogP contribution in [0.1, 0.15) is 21.5 Å². The molecule has 2 fully saturated rings. The third-order valence-electron chi connectivity index (χ3n) is 4.87. The Hall–Kier alpha value is -2.35. The van der Waals surface area contributed by atoms with E-state index in [0.717, 1.165) is 55.7 Å². The van der Waals surface area contributed by atoms with Crippen molar-refractivity contribution in [3.8, 4) is 5.75 Å². The van der Waals surface area contributed by atoms with Crippen molar-refractivity contribution in [3.05, 3.63) is 65.2 Å². The Kier molecular flexibility index (Phi) is 6.82. The van der Waals surface area contributed by atoms with Gasteiger partial charge in [0.05, 0.1) is 19.4 Å². The van der Waals surface area contributed by atoms with Crippen LogP contribution in [-0.2, 0) is 11.3 Å². The van der Waals surface area contributed by atoms with Crippen molar-refractivity contribution in [2.45, 2.75) is 12.6 Å². The third-order valence-corrected chi connectivity index (χ3v) is 6.09. The van der Waals surface area contributed by atoms with E-state index in [2.05, 4.69) is 15.4 Å². The molecule has 0 aliphatic carbocycles. The molecule has 0 radical (unpaired) electrons. The number of hydrogen-bond donors (Lipinski definition) is 1. The van der Waals surface area contributed by atoms with E-state index in [0.29, 0.717) is 11.7 Å². The average Bonchev–Trinajstić information content (AvgIpc) is 2.72. The van der Waals surface area contributed by atoms with Crippen LogP contribution < -0.4 is 10.2 Å². The smallest absolute Gasteiger partial charge is 0.271 e. The first-order chi connectivity index (χ1) is 14.3. The number of benzene rings is 2. The van der Waals surface area contributed by atoms with Crippen LogP contribution in [-0.4, -0.2) is 60.9 Å². The van der Waals surface area contributed by atoms with Gasteiger partial charge in [-0.25, -0.2) is 5.43 Å². The summed E-state index contributed by atoms with van der Waals surface area (Å²) in [6.07, 6.45) is 1.94. The molecule has 2 saturated heterocycles. The highest BCUT2D eigenvalue weighted by atomic mass is 32.2. The van der Waals surface area contributed by atoms with E-state index in [1.165, 1.54) is 5.56 Å². The van der Waals surface area contributed by atoms with Crippen molar-refractivity contribution < 1.29 is 14.3 Å². The van der Waals surface area contributed by atoms with Gasteiger partial charge in [-0.05, 0) is 35.4 Å². The van der Waals surface area contributed by atoms with Gasteiger partial charge in [-0.2, -0.15) is 16.9 Å². The lowest BCUT2D eigenvalue weighted by Gasteiger charge is -2.26. The molecule has 2 aliphatic rings. The van der Waals surface area contributed by atoms with Gasteiger partial charge in [-0.1, -0.05) is 24.3 Å². The summed E-state index contributed by atoms with van der Waals surface area (Å²) < 4.78 is 11.2. The summed E-state index contributed by atoms with van der Waals surface area (Å²) in [5, 5.41) is 4.08. The number of thioether (sulfide) groups is 1. The summed E-state index contributed by atoms with van der Waals surface area (Å²) in [6.45, 7) is 4.34. The third kappa shape index (κ3) is 5.82. The van der Waals surface area contributed by atoms with Crippen LogP contribution in [0.3, 0.4) is 0 Å². The van der Waals surface area contributed by atoms with Crippen LogP contribution in [0, 0.1) is 0 Å². The predicted octanol–water partition coefficient (Wildman–Crippen LogP) is 2.78. The number of amides is 1. The Morgan fingerprint density at radius 2 is 2.00 bits per heavy atom. The highest BCUT2D eigenvalue weighted by molar-refractivity contribution is 8.00. The molecule has 0 unspecified atom stereocenters. The van der Waals surface area contributed by atoms with Crippen LogP contribution in [0.25, 0.3) is 0 Å². The molecular weight excluding hydrogens is 386 g/mol. The van der Waals surface area contributed by atoms with Crippen molar-refractivity contribution in [1.82, 2.24) is 10.3 Å². The number of nitrogens with zero attached hydrogens (tertiary/aromatic N) is 2. The molecule has 6 nitrogen and oxygen atoms in total. The van der Waals surface area contributed by atoms with Gasteiger partial charge in [-0.15, -0.1) is 0 Å². The molecule has 0 spiro atoms. The van der Waals surface area contributed by atoms with E-state index >= 15 is 0 Å². The van der Waals surface area contributed by atoms with Crippen LogP contribution in [0.15, 0.2) is 53.6 Å². The fraction of sp³-hybridized carbons (Fsp3) is 0.364. The molecule has 7 heteroatoms. The molecule has 0 bridgehead atoms. The fourth-order valence-electron chi connectivity index (χ4n) is 3.15. The first-order valence-electron chi connectivity index (χ1n) is 9.83. The van der Waals surface area contributed by atoms with Gasteiger partial charge in [0.1, 0.15) is 11.9 Å². The molecule has 2 aliphatic heterocycles. The Labute approximate surface area is 175 Å². The maximum atomic E-state index is 12.3. The number of rotatable bonds is 7. The van der Waals surface area contributed by atoms with Crippen molar-refractivity contribution in [2.75, 3.05) is 37.8 Å². The summed E-state index contributed by atoms with van der Waals surface area (Å²) in [7, 11) is 0. The predicted molar refractivity (Wildman–Crippen MR) is 116 cm³/mol. The zero-order chi connectivity index (χ0) is 19.9. The molecule has 0 aromatic heterocycles. The number of hydrogen-bond acceptors (Lipinski definition) is 6. The number of carbonyl (C=O) groups excluding carboxylic acids is 1. The molecule has 0 atom stereocenters. The average molecular weight is 412 g/mol. The minimum Gasteiger partial charge on any atom is -0.489 e. The molecule has 29 heavy (non-hydrogen) atoms. The lowest BCUT2D eigenvalue weighted by Crippen LogP contribution is -2.35. The Morgan fingerprint density at radius 3 is 2.72 bits per heavy atom. The zero-order valence-electron chi connectivity index (χ0n) is 16.3. The van der Waals surface area contributed by atoms with Crippen molar-refractivity contribution in [3.63, 3.8) is 0 Å². The van der Waals surface area contributed by atoms with Crippen LogP contribution in [0.4, 0.5) is 0 Å². The molecule has 0 saturated carbocycles. The molecular formula is C22H25N3O3S. The van der Waals surface area contributed by atoms with Crippen molar-refractivity contribution in [1.29, 1.82) is 0 Å². The first-order valence-corrected chi connectivity index (χ1v) is 11.0. The largest absolute Gasteiger partial charge is 0.489 e. The second-order valence-electron chi connectivity index (χ2n) is 7.13. The van der Waals surface area contributed by atoms with E-state index in [1.54, 1.807) is 6.21 Å². The number of hydrazone groups is 1. The fourth-order valence-corrected chi connectivity index (χ4v) is 3.72. The molecule has 4 rings (SSSR count). The van der Waals surface area contributed by atoms with Gasteiger partial charge in [0.15, 0.2) is 0 Å². The molecule has 2 aromatic carbocycles. The molecule has 2 aromatic rings. The van der Waals surface area contributed by atoms with Gasteiger partial charge >= 0.3 is 0 Å². The zero-order valence-corrected chi connectivity index (χ0v) is 17.1. The Bertz CT molecular complexity index is 847. The van der Waals surface area contributed by atoms with E-state index in [1.807, 2.05) is 60.3 Å². The normalized spacial score (nSPS) is 17.8. The highest BCUT2D eigenvalue weighted by Gasteiger charge is 2.19. The lowest BCUT2D eigenvalue weighted by atomic mass is 10.1. The topological polar surface area (TPSA) is 63.2 Å². The standard InChI is InChI=1S/C22H25N3O3S/c26-22(19-6-4-17(5-7-19)14-25-8-10-27-11-9-25)24-23-13-18-2-1-3-20(12-18)28-21-15-29-16-21/h1-7,12-13,21H,8-11,14-16H2,(H,24,26). The second kappa shape index (κ2) is 9.91. The Balaban J connectivity index is 1.28. The van der Waals surface area contributed by atoms with Gasteiger partial charge in [-0.3, -0.25) is 9.69 Å². The maximum absolute atomic E-state index is 12.3. The molecule has 152 valence electrons. The van der Waals surface area contributed by atoms with E-state index in [-0.39, 0.29) is 5.91 Å². The lowest BCUT2D eigenvalue weighted by molar-refractivity contribution is 0.0342. The van der Waals surface area contributed by atoms with Crippen molar-refractivity contribution in [2.24, 2.45) is 5.10 Å². The summed E-state index contributed by atoms with van der Waals surface area (Å²) >= 11 is 1.89.